The van der Waals surface area contributed by atoms with Crippen molar-refractivity contribution in [3.05, 3.63) is 34.3 Å². The number of benzene rings is 1. The Morgan fingerprint density at radius 3 is 2.50 bits per heavy atom. The second-order valence-electron chi connectivity index (χ2n) is 5.08. The Bertz CT molecular complexity index is 532. The molecule has 96 valence electrons. The van der Waals surface area contributed by atoms with E-state index in [-0.39, 0.29) is 11.4 Å². The van der Waals surface area contributed by atoms with Gasteiger partial charge in [0, 0.05) is 10.6 Å². The van der Waals surface area contributed by atoms with E-state index in [1.54, 1.807) is 18.2 Å². The number of amidine groups is 1. The summed E-state index contributed by atoms with van der Waals surface area (Å²) in [7, 11) is 1.45. The van der Waals surface area contributed by atoms with Crippen LogP contribution in [0.3, 0.4) is 0 Å². The predicted octanol–water partition coefficient (Wildman–Crippen LogP) is 2.90. The number of hydrogen-bond donors (Lipinski definition) is 0. The first kappa shape index (κ1) is 13.1. The van der Waals surface area contributed by atoms with Gasteiger partial charge >= 0.3 is 0 Å². The molecule has 1 aromatic carbocycles. The van der Waals surface area contributed by atoms with Crippen LogP contribution >= 0.6 is 11.6 Å². The number of rotatable bonds is 1. The summed E-state index contributed by atoms with van der Waals surface area (Å²) in [5.41, 5.74) is 0.963. The average Bonchev–Trinajstić information content (AvgIpc) is 2.49. The minimum Gasteiger partial charge on any atom is -0.268 e. The molecule has 1 heterocycles. The number of hydrogen-bond acceptors (Lipinski definition) is 3. The molecule has 0 fully saturated rings. The molecule has 0 unspecified atom stereocenters. The van der Waals surface area contributed by atoms with Crippen LogP contribution < -0.4 is 0 Å². The number of carbonyl (C=O) groups is 1. The molecule has 4 nitrogen and oxygen atoms in total. The number of halogens is 1. The third-order valence-electron chi connectivity index (χ3n) is 2.45. The van der Waals surface area contributed by atoms with Crippen LogP contribution in [-0.2, 0) is 4.84 Å². The lowest BCUT2D eigenvalue weighted by Gasteiger charge is -2.18. The summed E-state index contributed by atoms with van der Waals surface area (Å²) in [6.45, 7) is 5.88. The van der Waals surface area contributed by atoms with E-state index in [0.29, 0.717) is 22.0 Å². The van der Waals surface area contributed by atoms with Crippen molar-refractivity contribution in [2.75, 3.05) is 7.11 Å². The Kier molecular flexibility index (Phi) is 3.17. The maximum Gasteiger partial charge on any atom is 0.284 e. The molecule has 5 heteroatoms. The third kappa shape index (κ3) is 2.26. The molecule has 18 heavy (non-hydrogen) atoms. The van der Waals surface area contributed by atoms with Crippen molar-refractivity contribution < 1.29 is 9.63 Å². The lowest BCUT2D eigenvalue weighted by molar-refractivity contribution is -0.0375. The standard InChI is InChI=1S/C13H15ClN2O2/c1-13(2,3)15-11-10-7-8(14)5-6-9(10)12(17)16(11)18-4/h5-7H,1-4H3. The highest BCUT2D eigenvalue weighted by Gasteiger charge is 2.35. The van der Waals surface area contributed by atoms with Gasteiger partial charge in [0.15, 0.2) is 5.84 Å². The SMILES string of the molecule is CON1C(=O)c2ccc(Cl)cc2C1=NC(C)(C)C. The largest absolute Gasteiger partial charge is 0.284 e. The van der Waals surface area contributed by atoms with E-state index in [9.17, 15) is 4.79 Å². The Labute approximate surface area is 111 Å². The second kappa shape index (κ2) is 4.37. The first-order chi connectivity index (χ1) is 8.33. The lowest BCUT2D eigenvalue weighted by Crippen LogP contribution is -2.31. The summed E-state index contributed by atoms with van der Waals surface area (Å²) in [6.07, 6.45) is 0. The van der Waals surface area contributed by atoms with E-state index in [1.807, 2.05) is 20.8 Å². The number of hydroxylamine groups is 2. The zero-order valence-electron chi connectivity index (χ0n) is 10.8. The maximum atomic E-state index is 12.1. The monoisotopic (exact) mass is 266 g/mol. The first-order valence-electron chi connectivity index (χ1n) is 5.62. The van der Waals surface area contributed by atoms with Crippen LogP contribution in [0.5, 0.6) is 0 Å². The maximum absolute atomic E-state index is 12.1. The van der Waals surface area contributed by atoms with Crippen LogP contribution in [0.15, 0.2) is 23.2 Å². The van der Waals surface area contributed by atoms with Crippen molar-refractivity contribution in [2.24, 2.45) is 4.99 Å². The van der Waals surface area contributed by atoms with Gasteiger partial charge < -0.3 is 0 Å². The molecule has 0 aliphatic carbocycles. The van der Waals surface area contributed by atoms with E-state index in [0.717, 1.165) is 0 Å². The zero-order valence-corrected chi connectivity index (χ0v) is 11.6. The molecule has 1 aliphatic heterocycles. The Morgan fingerprint density at radius 1 is 1.28 bits per heavy atom. The highest BCUT2D eigenvalue weighted by atomic mass is 35.5. The van der Waals surface area contributed by atoms with Gasteiger partial charge in [0.2, 0.25) is 0 Å². The molecular formula is C13H15ClN2O2. The second-order valence-corrected chi connectivity index (χ2v) is 5.51. The number of fused-ring (bicyclic) bond motifs is 1. The summed E-state index contributed by atoms with van der Waals surface area (Å²) in [5.74, 6) is 0.291. The van der Waals surface area contributed by atoms with Gasteiger partial charge in [-0.3, -0.25) is 14.6 Å². The van der Waals surface area contributed by atoms with Gasteiger partial charge in [-0.15, -0.1) is 0 Å². The van der Waals surface area contributed by atoms with E-state index in [1.165, 1.54) is 12.2 Å². The number of nitrogens with zero attached hydrogens (tertiary/aromatic N) is 2. The van der Waals surface area contributed by atoms with Gasteiger partial charge in [0.1, 0.15) is 0 Å². The number of aliphatic imine (C=N–C) groups is 1. The van der Waals surface area contributed by atoms with Crippen molar-refractivity contribution in [2.45, 2.75) is 26.3 Å². The fourth-order valence-electron chi connectivity index (χ4n) is 1.80. The smallest absolute Gasteiger partial charge is 0.268 e. The van der Waals surface area contributed by atoms with Gasteiger partial charge in [0.25, 0.3) is 5.91 Å². The molecule has 2 rings (SSSR count). The Balaban J connectivity index is 2.62. The van der Waals surface area contributed by atoms with E-state index >= 15 is 0 Å². The normalized spacial score (nSPS) is 17.5. The first-order valence-corrected chi connectivity index (χ1v) is 5.99. The van der Waals surface area contributed by atoms with Crippen molar-refractivity contribution in [1.82, 2.24) is 5.06 Å². The van der Waals surface area contributed by atoms with Crippen LogP contribution in [0.1, 0.15) is 36.7 Å². The van der Waals surface area contributed by atoms with Gasteiger partial charge in [-0.2, -0.15) is 5.06 Å². The van der Waals surface area contributed by atoms with Crippen LogP contribution in [-0.4, -0.2) is 29.5 Å². The summed E-state index contributed by atoms with van der Waals surface area (Å²) >= 11 is 5.97. The van der Waals surface area contributed by atoms with E-state index in [4.69, 9.17) is 16.4 Å². The predicted molar refractivity (Wildman–Crippen MR) is 70.9 cm³/mol. The highest BCUT2D eigenvalue weighted by molar-refractivity contribution is 6.32. The Hall–Kier alpha value is -1.39. The fraction of sp³-hybridized carbons (Fsp3) is 0.385. The van der Waals surface area contributed by atoms with Gasteiger partial charge in [0.05, 0.1) is 18.2 Å². The van der Waals surface area contributed by atoms with E-state index < -0.39 is 0 Å². The van der Waals surface area contributed by atoms with Gasteiger partial charge in [-0.1, -0.05) is 11.6 Å². The molecule has 1 amide bonds. The van der Waals surface area contributed by atoms with Crippen molar-refractivity contribution >= 4 is 23.3 Å². The summed E-state index contributed by atoms with van der Waals surface area (Å²) in [6, 6.07) is 5.11. The molecule has 0 bridgehead atoms. The molecule has 0 radical (unpaired) electrons. The van der Waals surface area contributed by atoms with Crippen LogP contribution in [0.2, 0.25) is 5.02 Å². The molecule has 1 aliphatic rings. The van der Waals surface area contributed by atoms with Crippen molar-refractivity contribution in [3.63, 3.8) is 0 Å². The molecule has 0 saturated heterocycles. The molecular weight excluding hydrogens is 252 g/mol. The fourth-order valence-corrected chi connectivity index (χ4v) is 1.97. The van der Waals surface area contributed by atoms with Gasteiger partial charge in [-0.05, 0) is 39.0 Å². The molecule has 0 saturated carbocycles. The summed E-state index contributed by atoms with van der Waals surface area (Å²) in [5, 5.41) is 1.77. The summed E-state index contributed by atoms with van der Waals surface area (Å²) < 4.78 is 0. The molecule has 0 aromatic heterocycles. The summed E-state index contributed by atoms with van der Waals surface area (Å²) in [4.78, 5) is 21.8. The van der Waals surface area contributed by atoms with Crippen LogP contribution in [0.4, 0.5) is 0 Å². The van der Waals surface area contributed by atoms with Crippen LogP contribution in [0, 0.1) is 0 Å². The quantitative estimate of drug-likeness (QED) is 0.784. The number of carbonyl (C=O) groups excluding carboxylic acids is 1. The molecule has 0 spiro atoms. The topological polar surface area (TPSA) is 41.9 Å². The third-order valence-corrected chi connectivity index (χ3v) is 2.69. The number of amides is 1. The highest BCUT2D eigenvalue weighted by Crippen LogP contribution is 2.28. The Morgan fingerprint density at radius 2 is 1.94 bits per heavy atom. The molecule has 0 atom stereocenters. The minimum absolute atomic E-state index is 0.216. The van der Waals surface area contributed by atoms with Crippen molar-refractivity contribution in [1.29, 1.82) is 0 Å². The average molecular weight is 267 g/mol. The van der Waals surface area contributed by atoms with Crippen molar-refractivity contribution in [3.8, 4) is 0 Å². The van der Waals surface area contributed by atoms with Gasteiger partial charge in [-0.25, -0.2) is 0 Å². The molecule has 1 aromatic rings. The molecule has 0 N–H and O–H groups in total. The minimum atomic E-state index is -0.309. The lowest BCUT2D eigenvalue weighted by atomic mass is 10.1. The van der Waals surface area contributed by atoms with Crippen LogP contribution in [0.25, 0.3) is 0 Å². The van der Waals surface area contributed by atoms with E-state index in [2.05, 4.69) is 4.99 Å². The zero-order chi connectivity index (χ0) is 13.5.